The average molecular weight is 556 g/mol. The molecule has 0 fully saturated rings. The quantitative estimate of drug-likeness (QED) is 0.201. The third-order valence-electron chi connectivity index (χ3n) is 5.98. The number of hydrogen-bond donors (Lipinski definition) is 1. The highest BCUT2D eigenvalue weighted by Crippen LogP contribution is 2.29. The largest absolute Gasteiger partial charge is 0.493 e. The minimum absolute atomic E-state index is 0.0832. The van der Waals surface area contributed by atoms with E-state index in [-0.39, 0.29) is 30.2 Å². The van der Waals surface area contributed by atoms with Crippen LogP contribution in [0.2, 0.25) is 5.02 Å². The SMILES string of the molecule is COc1ccc(CCNC(=O)CCn2c(SCc3c(F)cccc3Cl)nc3ccccc3c2=O)cc1OC. The number of amides is 1. The Morgan fingerprint density at radius 2 is 1.87 bits per heavy atom. The van der Waals surface area contributed by atoms with Crippen molar-refractivity contribution in [1.82, 2.24) is 14.9 Å². The van der Waals surface area contributed by atoms with Crippen molar-refractivity contribution in [3.63, 3.8) is 0 Å². The Morgan fingerprint density at radius 3 is 2.63 bits per heavy atom. The van der Waals surface area contributed by atoms with Crippen molar-refractivity contribution in [2.75, 3.05) is 20.8 Å². The van der Waals surface area contributed by atoms with E-state index < -0.39 is 5.82 Å². The maximum atomic E-state index is 14.3. The molecule has 0 aliphatic heterocycles. The number of ether oxygens (including phenoxy) is 2. The maximum Gasteiger partial charge on any atom is 0.262 e. The number of methoxy groups -OCH3 is 2. The van der Waals surface area contributed by atoms with Gasteiger partial charge in [-0.1, -0.05) is 47.6 Å². The third-order valence-corrected chi connectivity index (χ3v) is 7.34. The molecule has 0 spiro atoms. The number of aromatic nitrogens is 2. The first-order valence-corrected chi connectivity index (χ1v) is 13.3. The maximum absolute atomic E-state index is 14.3. The number of fused-ring (bicyclic) bond motifs is 1. The number of halogens is 2. The van der Waals surface area contributed by atoms with Gasteiger partial charge in [-0.15, -0.1) is 0 Å². The molecule has 1 N–H and O–H groups in total. The van der Waals surface area contributed by atoms with Crippen molar-refractivity contribution in [1.29, 1.82) is 0 Å². The Labute approximate surface area is 228 Å². The molecule has 1 heterocycles. The number of carbonyl (C=O) groups is 1. The molecule has 0 radical (unpaired) electrons. The minimum Gasteiger partial charge on any atom is -0.493 e. The van der Waals surface area contributed by atoms with Crippen molar-refractivity contribution < 1.29 is 18.7 Å². The summed E-state index contributed by atoms with van der Waals surface area (Å²) in [7, 11) is 3.15. The number of rotatable bonds is 11. The Kier molecular flexibility index (Phi) is 9.25. The van der Waals surface area contributed by atoms with Crippen LogP contribution in [0, 0.1) is 5.82 Å². The lowest BCUT2D eigenvalue weighted by Crippen LogP contribution is -2.30. The highest BCUT2D eigenvalue weighted by atomic mass is 35.5. The Bertz CT molecular complexity index is 1490. The van der Waals surface area contributed by atoms with Crippen LogP contribution < -0.4 is 20.3 Å². The van der Waals surface area contributed by atoms with Gasteiger partial charge in [0.2, 0.25) is 5.91 Å². The number of hydrogen-bond acceptors (Lipinski definition) is 6. The van der Waals surface area contributed by atoms with Crippen molar-refractivity contribution in [3.8, 4) is 11.5 Å². The van der Waals surface area contributed by atoms with Crippen LogP contribution >= 0.6 is 23.4 Å². The first-order chi connectivity index (χ1) is 18.4. The normalized spacial score (nSPS) is 10.9. The number of carbonyl (C=O) groups excluding carboxylic acids is 1. The van der Waals surface area contributed by atoms with Gasteiger partial charge < -0.3 is 14.8 Å². The minimum atomic E-state index is -0.423. The molecule has 0 aliphatic rings. The molecule has 0 unspecified atom stereocenters. The Morgan fingerprint density at radius 1 is 1.08 bits per heavy atom. The summed E-state index contributed by atoms with van der Waals surface area (Å²) in [6.45, 7) is 0.554. The van der Waals surface area contributed by atoms with Gasteiger partial charge in [0.25, 0.3) is 5.56 Å². The molecule has 4 aromatic rings. The van der Waals surface area contributed by atoms with Gasteiger partial charge in [-0.2, -0.15) is 0 Å². The number of nitrogens with zero attached hydrogens (tertiary/aromatic N) is 2. The summed E-state index contributed by atoms with van der Waals surface area (Å²) in [6, 6.07) is 17.1. The van der Waals surface area contributed by atoms with E-state index in [9.17, 15) is 14.0 Å². The molecule has 38 heavy (non-hydrogen) atoms. The van der Waals surface area contributed by atoms with Crippen molar-refractivity contribution >= 4 is 40.2 Å². The molecular weight excluding hydrogens is 529 g/mol. The molecule has 0 saturated carbocycles. The molecular formula is C28H27ClFN3O4S. The molecule has 0 saturated heterocycles. The van der Waals surface area contributed by atoms with Gasteiger partial charge in [-0.3, -0.25) is 14.2 Å². The van der Waals surface area contributed by atoms with Crippen molar-refractivity contribution in [3.05, 3.63) is 93.0 Å². The van der Waals surface area contributed by atoms with Crippen LogP contribution in [0.5, 0.6) is 11.5 Å². The van der Waals surface area contributed by atoms with E-state index in [0.717, 1.165) is 5.56 Å². The van der Waals surface area contributed by atoms with E-state index in [2.05, 4.69) is 10.3 Å². The third kappa shape index (κ3) is 6.46. The van der Waals surface area contributed by atoms with Crippen LogP contribution in [0.25, 0.3) is 10.9 Å². The molecule has 198 valence electrons. The van der Waals surface area contributed by atoms with Gasteiger partial charge >= 0.3 is 0 Å². The monoisotopic (exact) mass is 555 g/mol. The molecule has 0 aliphatic carbocycles. The summed E-state index contributed by atoms with van der Waals surface area (Å²) in [5.41, 5.74) is 1.61. The first kappa shape index (κ1) is 27.5. The van der Waals surface area contributed by atoms with E-state index in [1.165, 1.54) is 22.4 Å². The van der Waals surface area contributed by atoms with Crippen molar-refractivity contribution in [2.24, 2.45) is 0 Å². The molecule has 1 aromatic heterocycles. The number of para-hydroxylation sites is 1. The molecule has 3 aromatic carbocycles. The zero-order valence-electron chi connectivity index (χ0n) is 21.0. The summed E-state index contributed by atoms with van der Waals surface area (Å²) in [5, 5.41) is 4.05. The van der Waals surface area contributed by atoms with E-state index in [1.807, 2.05) is 18.2 Å². The van der Waals surface area contributed by atoms with Crippen LogP contribution in [0.15, 0.2) is 70.6 Å². The highest BCUT2D eigenvalue weighted by Gasteiger charge is 2.15. The standard InChI is InChI=1S/C28H27ClFN3O4S/c1-36-24-11-10-18(16-25(24)37-2)12-14-31-26(34)13-15-33-27(35)19-6-3-4-9-23(19)32-28(33)38-17-20-21(29)7-5-8-22(20)30/h3-11,16H,12-15,17H2,1-2H3,(H,31,34). The lowest BCUT2D eigenvalue weighted by atomic mass is 10.1. The molecule has 7 nitrogen and oxygen atoms in total. The van der Waals surface area contributed by atoms with E-state index in [4.69, 9.17) is 21.1 Å². The number of thioether (sulfide) groups is 1. The topological polar surface area (TPSA) is 82.5 Å². The van der Waals surface area contributed by atoms with E-state index >= 15 is 0 Å². The van der Waals surface area contributed by atoms with Gasteiger partial charge in [-0.05, 0) is 48.4 Å². The van der Waals surface area contributed by atoms with Crippen LogP contribution in [0.1, 0.15) is 17.5 Å². The fourth-order valence-electron chi connectivity index (χ4n) is 3.95. The predicted octanol–water partition coefficient (Wildman–Crippen LogP) is 5.25. The van der Waals surface area contributed by atoms with Crippen LogP contribution in [0.3, 0.4) is 0 Å². The molecule has 4 rings (SSSR count). The lowest BCUT2D eigenvalue weighted by Gasteiger charge is -2.14. The van der Waals surface area contributed by atoms with Crippen LogP contribution in [-0.4, -0.2) is 36.2 Å². The second-order valence-electron chi connectivity index (χ2n) is 8.40. The van der Waals surface area contributed by atoms with Gasteiger partial charge in [0.1, 0.15) is 5.82 Å². The summed E-state index contributed by atoms with van der Waals surface area (Å²) in [6.07, 6.45) is 0.688. The molecule has 0 atom stereocenters. The van der Waals surface area contributed by atoms with E-state index in [0.29, 0.717) is 51.1 Å². The van der Waals surface area contributed by atoms with Gasteiger partial charge in [-0.25, -0.2) is 9.37 Å². The number of nitrogens with one attached hydrogen (secondary N) is 1. The smallest absolute Gasteiger partial charge is 0.262 e. The van der Waals surface area contributed by atoms with E-state index in [1.54, 1.807) is 50.6 Å². The molecule has 10 heteroatoms. The second-order valence-corrected chi connectivity index (χ2v) is 9.75. The van der Waals surface area contributed by atoms with Crippen LogP contribution in [0.4, 0.5) is 4.39 Å². The highest BCUT2D eigenvalue weighted by molar-refractivity contribution is 7.98. The van der Waals surface area contributed by atoms with Gasteiger partial charge in [0.15, 0.2) is 16.7 Å². The summed E-state index contributed by atoms with van der Waals surface area (Å²) >= 11 is 7.39. The zero-order valence-corrected chi connectivity index (χ0v) is 22.6. The second kappa shape index (κ2) is 12.8. The summed E-state index contributed by atoms with van der Waals surface area (Å²) in [5.74, 6) is 0.836. The number of benzene rings is 3. The summed E-state index contributed by atoms with van der Waals surface area (Å²) in [4.78, 5) is 30.5. The average Bonchev–Trinajstić information content (AvgIpc) is 2.92. The van der Waals surface area contributed by atoms with Crippen LogP contribution in [-0.2, 0) is 23.5 Å². The van der Waals surface area contributed by atoms with Gasteiger partial charge in [0, 0.05) is 35.8 Å². The summed E-state index contributed by atoms with van der Waals surface area (Å²) < 4.78 is 26.4. The Hall–Kier alpha value is -3.56. The van der Waals surface area contributed by atoms with Crippen molar-refractivity contribution in [2.45, 2.75) is 30.3 Å². The van der Waals surface area contributed by atoms with Gasteiger partial charge in [0.05, 0.1) is 25.1 Å². The molecule has 0 bridgehead atoms. The fourth-order valence-corrected chi connectivity index (χ4v) is 5.31. The Balaban J connectivity index is 1.44. The zero-order chi connectivity index (χ0) is 27.1. The first-order valence-electron chi connectivity index (χ1n) is 11.9. The fraction of sp³-hybridized carbons (Fsp3) is 0.250. The lowest BCUT2D eigenvalue weighted by molar-refractivity contribution is -0.121. The molecule has 1 amide bonds. The predicted molar refractivity (Wildman–Crippen MR) is 148 cm³/mol.